The molecule has 1 saturated carbocycles. The van der Waals surface area contributed by atoms with Crippen LogP contribution in [0.2, 0.25) is 0 Å². The Kier molecular flexibility index (Phi) is 9.46. The van der Waals surface area contributed by atoms with Gasteiger partial charge in [-0.2, -0.15) is 0 Å². The number of para-hydroxylation sites is 1. The topological polar surface area (TPSA) is 3.24 Å². The summed E-state index contributed by atoms with van der Waals surface area (Å²) in [6, 6.07) is 66.0. The number of thiophene rings is 1. The van der Waals surface area contributed by atoms with E-state index in [1.807, 2.05) is 11.3 Å². The zero-order chi connectivity index (χ0) is 39.2. The van der Waals surface area contributed by atoms with E-state index >= 15 is 0 Å². The third kappa shape index (κ3) is 6.60. The van der Waals surface area contributed by atoms with E-state index in [0.717, 1.165) is 11.4 Å². The maximum atomic E-state index is 2.54. The predicted molar refractivity (Wildman–Crippen MR) is 252 cm³/mol. The van der Waals surface area contributed by atoms with Crippen LogP contribution in [0.4, 0.5) is 17.1 Å². The third-order valence-electron chi connectivity index (χ3n) is 12.4. The molecule has 0 atom stereocenters. The van der Waals surface area contributed by atoms with E-state index < -0.39 is 0 Å². The molecule has 0 unspecified atom stereocenters. The van der Waals surface area contributed by atoms with Crippen LogP contribution < -0.4 is 4.90 Å². The molecule has 8 aromatic carbocycles. The summed E-state index contributed by atoms with van der Waals surface area (Å²) in [5.74, 6) is 0.588. The Morgan fingerprint density at radius 3 is 2.00 bits per heavy atom. The van der Waals surface area contributed by atoms with Crippen molar-refractivity contribution < 1.29 is 0 Å². The van der Waals surface area contributed by atoms with Gasteiger partial charge < -0.3 is 4.90 Å². The van der Waals surface area contributed by atoms with Crippen molar-refractivity contribution in [3.8, 4) is 33.4 Å². The molecule has 0 N–H and O–H groups in total. The summed E-state index contributed by atoms with van der Waals surface area (Å²) in [5, 5.41) is 5.37. The van der Waals surface area contributed by atoms with Gasteiger partial charge >= 0.3 is 0 Å². The van der Waals surface area contributed by atoms with Crippen molar-refractivity contribution in [3.05, 3.63) is 187 Å². The van der Waals surface area contributed by atoms with Gasteiger partial charge in [0.15, 0.2) is 0 Å². The number of fused-ring (bicyclic) bond motifs is 4. The summed E-state index contributed by atoms with van der Waals surface area (Å²) in [5.41, 5.74) is 13.8. The fourth-order valence-electron chi connectivity index (χ4n) is 9.49. The maximum Gasteiger partial charge on any atom is 0.0540 e. The average molecular weight is 768 g/mol. The summed E-state index contributed by atoms with van der Waals surface area (Å²) in [6.45, 7) is 6.94. The van der Waals surface area contributed by atoms with Gasteiger partial charge in [0.1, 0.15) is 0 Å². The van der Waals surface area contributed by atoms with Gasteiger partial charge in [0.05, 0.1) is 11.4 Å². The minimum Gasteiger partial charge on any atom is -0.309 e. The zero-order valence-corrected chi connectivity index (χ0v) is 34.5. The van der Waals surface area contributed by atoms with Crippen LogP contribution in [0.5, 0.6) is 0 Å². The van der Waals surface area contributed by atoms with E-state index in [-0.39, 0.29) is 5.41 Å². The molecule has 0 aliphatic heterocycles. The Morgan fingerprint density at radius 2 is 1.16 bits per heavy atom. The van der Waals surface area contributed by atoms with Crippen LogP contribution in [-0.4, -0.2) is 0 Å². The van der Waals surface area contributed by atoms with Crippen molar-refractivity contribution >= 4 is 59.3 Å². The highest BCUT2D eigenvalue weighted by Gasteiger charge is 2.26. The van der Waals surface area contributed by atoms with Crippen LogP contribution in [0.25, 0.3) is 64.3 Å². The van der Waals surface area contributed by atoms with E-state index in [4.69, 9.17) is 0 Å². The van der Waals surface area contributed by atoms with Gasteiger partial charge in [-0.3, -0.25) is 0 Å². The van der Waals surface area contributed by atoms with Crippen molar-refractivity contribution in [1.82, 2.24) is 0 Å². The molecule has 284 valence electrons. The zero-order valence-electron chi connectivity index (χ0n) is 33.7. The molecule has 2 heteroatoms. The number of benzene rings is 8. The first-order valence-electron chi connectivity index (χ1n) is 21.0. The fourth-order valence-corrected chi connectivity index (χ4v) is 10.7. The molecule has 1 heterocycles. The van der Waals surface area contributed by atoms with Crippen molar-refractivity contribution in [1.29, 1.82) is 0 Å². The number of hydrogen-bond donors (Lipinski definition) is 0. The quantitative estimate of drug-likeness (QED) is 0.156. The number of anilines is 3. The second kappa shape index (κ2) is 15.1. The Bertz CT molecular complexity index is 2920. The molecule has 1 aliphatic carbocycles. The van der Waals surface area contributed by atoms with Gasteiger partial charge in [-0.1, -0.05) is 180 Å². The van der Waals surface area contributed by atoms with Crippen LogP contribution >= 0.6 is 11.3 Å². The third-order valence-corrected chi connectivity index (χ3v) is 13.6. The van der Waals surface area contributed by atoms with E-state index in [2.05, 4.69) is 202 Å². The van der Waals surface area contributed by atoms with E-state index in [9.17, 15) is 0 Å². The van der Waals surface area contributed by atoms with Gasteiger partial charge in [-0.05, 0) is 105 Å². The monoisotopic (exact) mass is 767 g/mol. The highest BCUT2D eigenvalue weighted by atomic mass is 32.1. The van der Waals surface area contributed by atoms with Crippen molar-refractivity contribution in [2.24, 2.45) is 0 Å². The molecular weight excluding hydrogens is 719 g/mol. The van der Waals surface area contributed by atoms with Gasteiger partial charge in [0.2, 0.25) is 0 Å². The first kappa shape index (κ1) is 36.4. The first-order valence-corrected chi connectivity index (χ1v) is 21.9. The lowest BCUT2D eigenvalue weighted by Gasteiger charge is -2.32. The van der Waals surface area contributed by atoms with Crippen LogP contribution in [0.15, 0.2) is 176 Å². The van der Waals surface area contributed by atoms with Gasteiger partial charge in [-0.25, -0.2) is 0 Å². The summed E-state index contributed by atoms with van der Waals surface area (Å²) in [7, 11) is 0. The highest BCUT2D eigenvalue weighted by Crippen LogP contribution is 2.49. The maximum absolute atomic E-state index is 2.54. The van der Waals surface area contributed by atoms with Crippen molar-refractivity contribution in [2.75, 3.05) is 4.90 Å². The Labute approximate surface area is 347 Å². The molecule has 0 radical (unpaired) electrons. The molecule has 0 amide bonds. The van der Waals surface area contributed by atoms with E-state index in [1.165, 1.54) is 113 Å². The Balaban J connectivity index is 1.24. The summed E-state index contributed by atoms with van der Waals surface area (Å²) >= 11 is 1.89. The average Bonchev–Trinajstić information content (AvgIpc) is 3.66. The van der Waals surface area contributed by atoms with Crippen LogP contribution in [0.1, 0.15) is 69.9 Å². The standard InChI is InChI=1S/C56H49NS/c1-56(2,3)42-34-35-52(50(37-42)39-20-8-5-9-21-39)57(43-25-14-24-41(36-43)45-29-17-31-49-47-27-11-13-33-53(47)58-55(45)49)51-32-12-10-26-46(51)48-30-16-23-40-22-15-28-44(54(40)48)38-18-6-4-7-19-38/h5,8-17,20-38H,4,6-7,18-19H2,1-3H3. The fraction of sp³-hybridized carbons (Fsp3) is 0.179. The van der Waals surface area contributed by atoms with Crippen molar-refractivity contribution in [3.63, 3.8) is 0 Å². The van der Waals surface area contributed by atoms with E-state index in [1.54, 1.807) is 0 Å². The number of nitrogens with zero attached hydrogens (tertiary/aromatic N) is 1. The molecule has 0 bridgehead atoms. The second-order valence-corrected chi connectivity index (χ2v) is 18.2. The molecule has 1 fully saturated rings. The summed E-state index contributed by atoms with van der Waals surface area (Å²) < 4.78 is 2.66. The Morgan fingerprint density at radius 1 is 0.500 bits per heavy atom. The lowest BCUT2D eigenvalue weighted by Crippen LogP contribution is -2.15. The molecule has 1 aromatic heterocycles. The van der Waals surface area contributed by atoms with Gasteiger partial charge in [0.25, 0.3) is 0 Å². The molecule has 9 aromatic rings. The lowest BCUT2D eigenvalue weighted by molar-refractivity contribution is 0.445. The molecule has 58 heavy (non-hydrogen) atoms. The molecule has 0 spiro atoms. The molecule has 1 aliphatic rings. The smallest absolute Gasteiger partial charge is 0.0540 e. The minimum absolute atomic E-state index is 0.00782. The van der Waals surface area contributed by atoms with Crippen LogP contribution in [-0.2, 0) is 5.41 Å². The van der Waals surface area contributed by atoms with E-state index in [0.29, 0.717) is 5.92 Å². The van der Waals surface area contributed by atoms with Gasteiger partial charge in [-0.15, -0.1) is 11.3 Å². The van der Waals surface area contributed by atoms with Crippen LogP contribution in [0, 0.1) is 0 Å². The van der Waals surface area contributed by atoms with Crippen LogP contribution in [0.3, 0.4) is 0 Å². The molecule has 0 saturated heterocycles. The molecule has 1 nitrogen and oxygen atoms in total. The normalized spacial score (nSPS) is 13.7. The predicted octanol–water partition coefficient (Wildman–Crippen LogP) is 17.0. The summed E-state index contributed by atoms with van der Waals surface area (Å²) in [4.78, 5) is 2.54. The second-order valence-electron chi connectivity index (χ2n) is 17.1. The molecule has 10 rings (SSSR count). The Hall–Kier alpha value is -5.96. The number of rotatable bonds is 7. The SMILES string of the molecule is CC(C)(C)c1ccc(N(c2cccc(-c3cccc4c3sc3ccccc34)c2)c2ccccc2-c2cccc3cccc(C4CCCCC4)c23)c(-c2ccccc2)c1. The molecular formula is C56H49NS. The highest BCUT2D eigenvalue weighted by molar-refractivity contribution is 7.26. The lowest BCUT2D eigenvalue weighted by atomic mass is 9.80. The summed E-state index contributed by atoms with van der Waals surface area (Å²) in [6.07, 6.45) is 6.50. The largest absolute Gasteiger partial charge is 0.309 e. The van der Waals surface area contributed by atoms with Crippen molar-refractivity contribution in [2.45, 2.75) is 64.2 Å². The minimum atomic E-state index is -0.00782. The number of hydrogen-bond acceptors (Lipinski definition) is 2. The first-order chi connectivity index (χ1) is 28.4. The van der Waals surface area contributed by atoms with Gasteiger partial charge in [0, 0.05) is 37.0 Å².